The normalized spacial score (nSPS) is 12.7. The van der Waals surface area contributed by atoms with Crippen LogP contribution in [0.5, 0.6) is 5.75 Å². The molecular formula is C13H24ClNO7S. The number of β-amino-alcohol motifs (C(OH)–C–C–N with tert-alkyl or cyclic N) is 1. The van der Waals surface area contributed by atoms with E-state index in [4.69, 9.17) is 22.6 Å². The smallest absolute Gasteiger partial charge is 0.394 e. The molecule has 0 heterocycles. The number of phenols is 1. The summed E-state index contributed by atoms with van der Waals surface area (Å²) in [5, 5.41) is 31.6. The summed E-state index contributed by atoms with van der Waals surface area (Å²) in [7, 11) is -4.67. The van der Waals surface area contributed by atoms with Gasteiger partial charge < -0.3 is 20.6 Å². The number of aliphatic hydroxyl groups is 2. The second kappa shape index (κ2) is 10.0. The molecule has 136 valence electrons. The number of hydrogen-bond acceptors (Lipinski definition) is 6. The number of aliphatic hydroxyl groups excluding tert-OH is 2. The first kappa shape index (κ1) is 24.3. The van der Waals surface area contributed by atoms with E-state index in [-0.39, 0.29) is 30.3 Å². The summed E-state index contributed by atoms with van der Waals surface area (Å²) in [5.74, 6) is 0.0484. The van der Waals surface area contributed by atoms with Crippen molar-refractivity contribution >= 4 is 22.8 Å². The highest BCUT2D eigenvalue weighted by atomic mass is 35.5. The van der Waals surface area contributed by atoms with Gasteiger partial charge in [0.2, 0.25) is 0 Å². The van der Waals surface area contributed by atoms with Crippen LogP contribution in [-0.2, 0) is 17.0 Å². The van der Waals surface area contributed by atoms with Crippen molar-refractivity contribution in [1.82, 2.24) is 5.32 Å². The molecule has 10 heteroatoms. The van der Waals surface area contributed by atoms with E-state index in [1.165, 1.54) is 6.07 Å². The van der Waals surface area contributed by atoms with E-state index in [1.807, 2.05) is 20.8 Å². The highest BCUT2D eigenvalue weighted by Gasteiger charge is 2.14. The minimum Gasteiger partial charge on any atom is -0.508 e. The van der Waals surface area contributed by atoms with Crippen molar-refractivity contribution < 1.29 is 32.8 Å². The SMILES string of the molecule is CC(C)(C)NCC(O)c1ccc(O)c(CO)c1.Cl.O=S(=O)(O)O. The number of halogens is 1. The Morgan fingerprint density at radius 1 is 1.22 bits per heavy atom. The van der Waals surface area contributed by atoms with E-state index in [9.17, 15) is 10.2 Å². The fraction of sp³-hybridized carbons (Fsp3) is 0.538. The Morgan fingerprint density at radius 3 is 2.09 bits per heavy atom. The molecule has 8 nitrogen and oxygen atoms in total. The molecule has 0 radical (unpaired) electrons. The number of hydrogen-bond donors (Lipinski definition) is 6. The zero-order chi connectivity index (χ0) is 17.6. The van der Waals surface area contributed by atoms with Gasteiger partial charge in [0.1, 0.15) is 5.75 Å². The molecule has 0 aliphatic carbocycles. The Balaban J connectivity index is 0. The maximum absolute atomic E-state index is 9.97. The highest BCUT2D eigenvalue weighted by molar-refractivity contribution is 7.79. The Kier molecular flexibility index (Phi) is 10.6. The van der Waals surface area contributed by atoms with Gasteiger partial charge in [-0.25, -0.2) is 0 Å². The average molecular weight is 374 g/mol. The van der Waals surface area contributed by atoms with Crippen LogP contribution in [0.15, 0.2) is 18.2 Å². The van der Waals surface area contributed by atoms with Crippen molar-refractivity contribution in [3.05, 3.63) is 29.3 Å². The second-order valence-corrected chi connectivity index (χ2v) is 6.54. The van der Waals surface area contributed by atoms with E-state index in [0.717, 1.165) is 0 Å². The van der Waals surface area contributed by atoms with E-state index >= 15 is 0 Å². The third-order valence-corrected chi connectivity index (χ3v) is 2.48. The molecule has 1 aromatic rings. The van der Waals surface area contributed by atoms with E-state index in [0.29, 0.717) is 17.7 Å². The minimum absolute atomic E-state index is 0. The quantitative estimate of drug-likeness (QED) is 0.429. The summed E-state index contributed by atoms with van der Waals surface area (Å²) in [4.78, 5) is 0. The van der Waals surface area contributed by atoms with E-state index < -0.39 is 16.5 Å². The number of aromatic hydroxyl groups is 1. The second-order valence-electron chi connectivity index (χ2n) is 5.64. The number of rotatable bonds is 4. The van der Waals surface area contributed by atoms with Crippen molar-refractivity contribution in [3.63, 3.8) is 0 Å². The first-order valence-electron chi connectivity index (χ1n) is 6.39. The van der Waals surface area contributed by atoms with Crippen LogP contribution in [0.1, 0.15) is 38.0 Å². The molecule has 23 heavy (non-hydrogen) atoms. The van der Waals surface area contributed by atoms with Crippen LogP contribution in [0.2, 0.25) is 0 Å². The monoisotopic (exact) mass is 373 g/mol. The van der Waals surface area contributed by atoms with Crippen molar-refractivity contribution in [3.8, 4) is 5.75 Å². The summed E-state index contributed by atoms with van der Waals surface area (Å²) in [6.07, 6.45) is -0.653. The Morgan fingerprint density at radius 2 is 1.70 bits per heavy atom. The largest absolute Gasteiger partial charge is 0.508 e. The first-order valence-corrected chi connectivity index (χ1v) is 7.79. The Labute approximate surface area is 142 Å². The van der Waals surface area contributed by atoms with Gasteiger partial charge in [-0.3, -0.25) is 9.11 Å². The molecule has 1 atom stereocenters. The van der Waals surface area contributed by atoms with Gasteiger partial charge in [0.15, 0.2) is 0 Å². The van der Waals surface area contributed by atoms with Crippen molar-refractivity contribution in [2.24, 2.45) is 0 Å². The molecule has 0 spiro atoms. The lowest BCUT2D eigenvalue weighted by Crippen LogP contribution is -2.38. The predicted molar refractivity (Wildman–Crippen MR) is 88.2 cm³/mol. The molecular weight excluding hydrogens is 350 g/mol. The van der Waals surface area contributed by atoms with Crippen LogP contribution in [0.25, 0.3) is 0 Å². The molecule has 0 aromatic heterocycles. The fourth-order valence-corrected chi connectivity index (χ4v) is 1.46. The van der Waals surface area contributed by atoms with Gasteiger partial charge in [-0.15, -0.1) is 12.4 Å². The maximum atomic E-state index is 9.97. The van der Waals surface area contributed by atoms with Crippen LogP contribution in [-0.4, -0.2) is 44.9 Å². The summed E-state index contributed by atoms with van der Waals surface area (Å²) in [5.41, 5.74) is 1.05. The minimum atomic E-state index is -4.67. The van der Waals surface area contributed by atoms with Crippen LogP contribution >= 0.6 is 12.4 Å². The topological polar surface area (TPSA) is 147 Å². The molecule has 0 aliphatic heterocycles. The lowest BCUT2D eigenvalue weighted by atomic mass is 10.0. The standard InChI is InChI=1S/C13H21NO3.ClH.H2O4S/c1-13(2,3)14-7-12(17)9-4-5-11(16)10(6-9)8-15;;1-5(2,3)4/h4-6,12,14-17H,7-8H2,1-3H3;1H;(H2,1,2,3,4). The van der Waals surface area contributed by atoms with Crippen LogP contribution in [0.4, 0.5) is 0 Å². The highest BCUT2D eigenvalue weighted by Crippen LogP contribution is 2.22. The van der Waals surface area contributed by atoms with Crippen LogP contribution in [0, 0.1) is 0 Å². The van der Waals surface area contributed by atoms with Gasteiger partial charge in [0.25, 0.3) is 0 Å². The zero-order valence-corrected chi connectivity index (χ0v) is 14.7. The molecule has 1 unspecified atom stereocenters. The molecule has 0 bridgehead atoms. The lowest BCUT2D eigenvalue weighted by Gasteiger charge is -2.23. The number of benzene rings is 1. The van der Waals surface area contributed by atoms with Gasteiger partial charge in [0.05, 0.1) is 12.7 Å². The molecule has 1 rings (SSSR count). The molecule has 1 aromatic carbocycles. The molecule has 0 fully saturated rings. The molecule has 6 N–H and O–H groups in total. The average Bonchev–Trinajstić information content (AvgIpc) is 2.33. The zero-order valence-electron chi connectivity index (χ0n) is 13.1. The Hall–Kier alpha value is -0.940. The lowest BCUT2D eigenvalue weighted by molar-refractivity contribution is 0.163. The van der Waals surface area contributed by atoms with Crippen molar-refractivity contribution in [1.29, 1.82) is 0 Å². The summed E-state index contributed by atoms with van der Waals surface area (Å²) in [6, 6.07) is 4.76. The van der Waals surface area contributed by atoms with Crippen LogP contribution < -0.4 is 5.32 Å². The van der Waals surface area contributed by atoms with Gasteiger partial charge in [-0.2, -0.15) is 8.42 Å². The summed E-state index contributed by atoms with van der Waals surface area (Å²) < 4.78 is 31.6. The summed E-state index contributed by atoms with van der Waals surface area (Å²) in [6.45, 7) is 6.26. The predicted octanol–water partition coefficient (Wildman–Crippen LogP) is 1.07. The fourth-order valence-electron chi connectivity index (χ4n) is 1.46. The van der Waals surface area contributed by atoms with E-state index in [2.05, 4.69) is 5.32 Å². The molecule has 0 saturated heterocycles. The third kappa shape index (κ3) is 13.2. The maximum Gasteiger partial charge on any atom is 0.394 e. The van der Waals surface area contributed by atoms with Gasteiger partial charge >= 0.3 is 10.4 Å². The molecule has 0 aliphatic rings. The molecule has 0 amide bonds. The Bertz CT molecular complexity index is 564. The molecule has 0 saturated carbocycles. The summed E-state index contributed by atoms with van der Waals surface area (Å²) >= 11 is 0. The van der Waals surface area contributed by atoms with Gasteiger partial charge in [-0.1, -0.05) is 6.07 Å². The third-order valence-electron chi connectivity index (χ3n) is 2.48. The van der Waals surface area contributed by atoms with Gasteiger partial charge in [0, 0.05) is 17.6 Å². The number of nitrogens with one attached hydrogen (secondary N) is 1. The first-order chi connectivity index (χ1) is 9.83. The van der Waals surface area contributed by atoms with Gasteiger partial charge in [-0.05, 0) is 38.5 Å². The van der Waals surface area contributed by atoms with E-state index in [1.54, 1.807) is 12.1 Å². The van der Waals surface area contributed by atoms with Crippen molar-refractivity contribution in [2.75, 3.05) is 6.54 Å². The van der Waals surface area contributed by atoms with Crippen molar-refractivity contribution in [2.45, 2.75) is 39.0 Å². The van der Waals surface area contributed by atoms with Crippen LogP contribution in [0.3, 0.4) is 0 Å².